The highest BCUT2D eigenvalue weighted by Crippen LogP contribution is 2.28. The molecule has 0 unspecified atom stereocenters. The topological polar surface area (TPSA) is 41.3 Å². The lowest BCUT2D eigenvalue weighted by atomic mass is 9.90. The summed E-state index contributed by atoms with van der Waals surface area (Å²) in [6, 6.07) is 8.62. The van der Waals surface area contributed by atoms with Gasteiger partial charge in [-0.25, -0.2) is 0 Å². The lowest BCUT2D eigenvalue weighted by molar-refractivity contribution is 0.625. The van der Waals surface area contributed by atoms with E-state index in [0.717, 1.165) is 57.6 Å². The molecule has 0 spiro atoms. The Morgan fingerprint density at radius 3 is 2.68 bits per heavy atom. The molecule has 0 radical (unpaired) electrons. The highest BCUT2D eigenvalue weighted by molar-refractivity contribution is 5.52. The summed E-state index contributed by atoms with van der Waals surface area (Å²) in [5.74, 6) is 0. The lowest BCUT2D eigenvalue weighted by Gasteiger charge is -2.25. The van der Waals surface area contributed by atoms with E-state index in [-0.39, 0.29) is 0 Å². The number of nitrogens with one attached hydrogen (secondary N) is 1. The molecule has 1 aliphatic carbocycles. The maximum Gasteiger partial charge on any atom is 0.0396 e. The Hall–Kier alpha value is -1.74. The molecule has 0 atom stereocenters. The quantitative estimate of drug-likeness (QED) is 0.614. The van der Waals surface area contributed by atoms with Crippen LogP contribution in [0.5, 0.6) is 0 Å². The molecule has 2 rings (SSSR count). The van der Waals surface area contributed by atoms with Crippen LogP contribution in [0.1, 0.15) is 51.0 Å². The molecule has 0 aromatic heterocycles. The second-order valence-electron chi connectivity index (χ2n) is 7.03. The summed E-state index contributed by atoms with van der Waals surface area (Å²) in [7, 11) is 0. The first-order valence-corrected chi connectivity index (χ1v) is 9.80. The number of hydrogen-bond acceptors (Lipinski definition) is 3. The van der Waals surface area contributed by atoms with Crippen molar-refractivity contribution in [3.05, 3.63) is 53.3 Å². The van der Waals surface area contributed by atoms with Gasteiger partial charge in [0, 0.05) is 31.0 Å². The molecule has 138 valence electrons. The van der Waals surface area contributed by atoms with Gasteiger partial charge in [0.25, 0.3) is 0 Å². The summed E-state index contributed by atoms with van der Waals surface area (Å²) in [4.78, 5) is 2.44. The average molecular weight is 342 g/mol. The van der Waals surface area contributed by atoms with E-state index in [9.17, 15) is 0 Å². The van der Waals surface area contributed by atoms with Crippen molar-refractivity contribution in [2.24, 2.45) is 5.73 Å². The molecule has 3 nitrogen and oxygen atoms in total. The molecule has 0 bridgehead atoms. The molecular formula is C22H35N3. The van der Waals surface area contributed by atoms with Crippen LogP contribution in [-0.4, -0.2) is 26.2 Å². The Morgan fingerprint density at radius 2 is 1.96 bits per heavy atom. The molecule has 0 aliphatic heterocycles. The smallest absolute Gasteiger partial charge is 0.0396 e. The highest BCUT2D eigenvalue weighted by atomic mass is 15.1. The third-order valence-corrected chi connectivity index (χ3v) is 5.17. The van der Waals surface area contributed by atoms with Crippen molar-refractivity contribution in [1.82, 2.24) is 5.32 Å². The van der Waals surface area contributed by atoms with Gasteiger partial charge in [-0.05, 0) is 76.1 Å². The van der Waals surface area contributed by atoms with Crippen molar-refractivity contribution in [3.63, 3.8) is 0 Å². The minimum atomic E-state index is 1.01. The number of allylic oxidation sites excluding steroid dienone is 3. The number of para-hydroxylation sites is 1. The highest BCUT2D eigenvalue weighted by Gasteiger charge is 2.12. The predicted octanol–water partition coefficient (Wildman–Crippen LogP) is 4.53. The molecule has 25 heavy (non-hydrogen) atoms. The van der Waals surface area contributed by atoms with Gasteiger partial charge in [-0.3, -0.25) is 0 Å². The SMILES string of the molecule is C=C(CCCNCCN(CC)c1ccccc1C)C1=C(N)CCCC1. The van der Waals surface area contributed by atoms with Crippen LogP contribution in [0.25, 0.3) is 0 Å². The van der Waals surface area contributed by atoms with E-state index in [1.54, 1.807) is 0 Å². The summed E-state index contributed by atoms with van der Waals surface area (Å²) in [6.45, 7) is 12.8. The molecule has 1 aromatic carbocycles. The van der Waals surface area contributed by atoms with Crippen LogP contribution in [0.2, 0.25) is 0 Å². The van der Waals surface area contributed by atoms with E-state index >= 15 is 0 Å². The van der Waals surface area contributed by atoms with Crippen LogP contribution in [0.15, 0.2) is 47.7 Å². The van der Waals surface area contributed by atoms with Gasteiger partial charge in [-0.15, -0.1) is 0 Å². The van der Waals surface area contributed by atoms with Crippen molar-refractivity contribution in [2.75, 3.05) is 31.1 Å². The van der Waals surface area contributed by atoms with E-state index in [4.69, 9.17) is 5.73 Å². The van der Waals surface area contributed by atoms with Gasteiger partial charge in [-0.1, -0.05) is 30.4 Å². The standard InChI is InChI=1S/C22H35N3/c1-4-25(22-14-8-5-10-19(22)3)17-16-24-15-9-11-18(2)20-12-6-7-13-21(20)23/h5,8,10,14,24H,2,4,6-7,9,11-13,15-17,23H2,1,3H3. The number of rotatable bonds is 10. The van der Waals surface area contributed by atoms with Gasteiger partial charge in [-0.2, -0.15) is 0 Å². The zero-order chi connectivity index (χ0) is 18.1. The zero-order valence-corrected chi connectivity index (χ0v) is 16.1. The van der Waals surface area contributed by atoms with Crippen molar-refractivity contribution < 1.29 is 0 Å². The fraction of sp³-hybridized carbons (Fsp3) is 0.545. The first kappa shape index (κ1) is 19.6. The number of nitrogens with zero attached hydrogens (tertiary/aromatic N) is 1. The van der Waals surface area contributed by atoms with Crippen molar-refractivity contribution in [1.29, 1.82) is 0 Å². The molecule has 1 aromatic rings. The summed E-state index contributed by atoms with van der Waals surface area (Å²) in [5.41, 5.74) is 12.5. The summed E-state index contributed by atoms with van der Waals surface area (Å²) in [5, 5.41) is 3.58. The van der Waals surface area contributed by atoms with E-state index < -0.39 is 0 Å². The fourth-order valence-corrected chi connectivity index (χ4v) is 3.62. The van der Waals surface area contributed by atoms with Gasteiger partial charge >= 0.3 is 0 Å². The second-order valence-corrected chi connectivity index (χ2v) is 7.03. The van der Waals surface area contributed by atoms with Crippen LogP contribution >= 0.6 is 0 Å². The van der Waals surface area contributed by atoms with Crippen LogP contribution in [0.3, 0.4) is 0 Å². The number of benzene rings is 1. The first-order valence-electron chi connectivity index (χ1n) is 9.80. The number of aryl methyl sites for hydroxylation is 1. The normalized spacial score (nSPS) is 14.6. The average Bonchev–Trinajstić information content (AvgIpc) is 2.62. The van der Waals surface area contributed by atoms with Gasteiger partial charge in [0.05, 0.1) is 0 Å². The van der Waals surface area contributed by atoms with Gasteiger partial charge < -0.3 is 16.0 Å². The van der Waals surface area contributed by atoms with Gasteiger partial charge in [0.15, 0.2) is 0 Å². The van der Waals surface area contributed by atoms with E-state index in [0.29, 0.717) is 0 Å². The molecule has 0 fully saturated rings. The maximum atomic E-state index is 6.15. The van der Waals surface area contributed by atoms with E-state index in [1.165, 1.54) is 35.2 Å². The van der Waals surface area contributed by atoms with Crippen LogP contribution in [-0.2, 0) is 0 Å². The fourth-order valence-electron chi connectivity index (χ4n) is 3.62. The predicted molar refractivity (Wildman–Crippen MR) is 110 cm³/mol. The number of nitrogens with two attached hydrogens (primary N) is 1. The third-order valence-electron chi connectivity index (χ3n) is 5.17. The molecule has 0 amide bonds. The molecule has 1 aliphatic rings. The number of hydrogen-bond donors (Lipinski definition) is 2. The second kappa shape index (κ2) is 10.3. The van der Waals surface area contributed by atoms with E-state index in [1.807, 2.05) is 0 Å². The van der Waals surface area contributed by atoms with Gasteiger partial charge in [0.2, 0.25) is 0 Å². The molecule has 0 heterocycles. The molecule has 3 heteroatoms. The van der Waals surface area contributed by atoms with Crippen molar-refractivity contribution in [2.45, 2.75) is 52.4 Å². The Bertz CT molecular complexity index is 589. The Kier molecular flexibility index (Phi) is 8.07. The van der Waals surface area contributed by atoms with Crippen molar-refractivity contribution >= 4 is 5.69 Å². The number of anilines is 1. The summed E-state index contributed by atoms with van der Waals surface area (Å²) in [6.07, 6.45) is 6.86. The molecule has 0 saturated heterocycles. The maximum absolute atomic E-state index is 6.15. The zero-order valence-electron chi connectivity index (χ0n) is 16.1. The van der Waals surface area contributed by atoms with Crippen LogP contribution in [0, 0.1) is 6.92 Å². The van der Waals surface area contributed by atoms with Crippen LogP contribution < -0.4 is 16.0 Å². The monoisotopic (exact) mass is 341 g/mol. The van der Waals surface area contributed by atoms with Gasteiger partial charge in [0.1, 0.15) is 0 Å². The summed E-state index contributed by atoms with van der Waals surface area (Å²) >= 11 is 0. The molecular weight excluding hydrogens is 306 g/mol. The largest absolute Gasteiger partial charge is 0.402 e. The Labute approximate surface area is 154 Å². The minimum absolute atomic E-state index is 1.01. The first-order chi connectivity index (χ1) is 12.1. The van der Waals surface area contributed by atoms with Crippen LogP contribution in [0.4, 0.5) is 5.69 Å². The molecule has 3 N–H and O–H groups in total. The minimum Gasteiger partial charge on any atom is -0.402 e. The van der Waals surface area contributed by atoms with Crippen molar-refractivity contribution in [3.8, 4) is 0 Å². The third kappa shape index (κ3) is 5.93. The molecule has 0 saturated carbocycles. The lowest BCUT2D eigenvalue weighted by Crippen LogP contribution is -2.32. The number of likely N-dealkylation sites (N-methyl/N-ethyl adjacent to an activating group) is 1. The van der Waals surface area contributed by atoms with E-state index in [2.05, 4.69) is 54.9 Å². The Morgan fingerprint density at radius 1 is 1.20 bits per heavy atom. The summed E-state index contributed by atoms with van der Waals surface area (Å²) < 4.78 is 0. The Balaban J connectivity index is 1.66.